The third-order valence-corrected chi connectivity index (χ3v) is 9.70. The van der Waals surface area contributed by atoms with E-state index in [2.05, 4.69) is 21.5 Å². The number of thiazole rings is 1. The Morgan fingerprint density at radius 2 is 1.96 bits per heavy atom. The van der Waals surface area contributed by atoms with Crippen LogP contribution in [0.4, 0.5) is 31.5 Å². The number of benzene rings is 2. The van der Waals surface area contributed by atoms with Crippen LogP contribution in [0.25, 0.3) is 32.2 Å². The van der Waals surface area contributed by atoms with Crippen molar-refractivity contribution in [2.24, 2.45) is 0 Å². The highest BCUT2D eigenvalue weighted by Gasteiger charge is 2.49. The molecule has 3 fully saturated rings. The number of alkyl halides is 4. The summed E-state index contributed by atoms with van der Waals surface area (Å²) in [7, 11) is 0. The molecule has 0 bridgehead atoms. The molecule has 2 aromatic heterocycles. The minimum absolute atomic E-state index is 0.0325. The van der Waals surface area contributed by atoms with Gasteiger partial charge in [0.2, 0.25) is 11.8 Å². The van der Waals surface area contributed by atoms with E-state index in [1.54, 1.807) is 0 Å². The van der Waals surface area contributed by atoms with Crippen molar-refractivity contribution in [2.75, 3.05) is 38.5 Å². The molecule has 0 spiro atoms. The van der Waals surface area contributed by atoms with E-state index in [1.807, 2.05) is 4.90 Å². The number of nitrogens with zero attached hydrogens (tertiary/aromatic N) is 5. The van der Waals surface area contributed by atoms with Gasteiger partial charge in [0, 0.05) is 24.1 Å². The van der Waals surface area contributed by atoms with Gasteiger partial charge in [-0.15, -0.1) is 0 Å². The maximum Gasteiger partial charge on any atom is 0.417 e. The molecule has 2 N–H and O–H groups in total. The van der Waals surface area contributed by atoms with Crippen LogP contribution in [-0.4, -0.2) is 81.3 Å². The molecule has 1 amide bonds. The summed E-state index contributed by atoms with van der Waals surface area (Å²) in [5.41, 5.74) is 1.71. The normalized spacial score (nSPS) is 22.0. The van der Waals surface area contributed by atoms with Crippen LogP contribution in [0, 0.1) is 11.6 Å². The quantitative estimate of drug-likeness (QED) is 0.204. The van der Waals surface area contributed by atoms with E-state index in [0.717, 1.165) is 36.0 Å². The summed E-state index contributed by atoms with van der Waals surface area (Å²) in [5.74, 6) is -2.90. The number of hydrogen-bond donors (Lipinski definition) is 1. The number of aromatic nitrogens is 3. The fourth-order valence-electron chi connectivity index (χ4n) is 6.64. The highest BCUT2D eigenvalue weighted by molar-refractivity contribution is 7.22. The van der Waals surface area contributed by atoms with Crippen LogP contribution in [0.5, 0.6) is 11.9 Å². The number of nitrogens with two attached hydrogens (primary N) is 1. The van der Waals surface area contributed by atoms with Gasteiger partial charge in [0.25, 0.3) is 0 Å². The lowest BCUT2D eigenvalue weighted by Gasteiger charge is -2.38. The van der Waals surface area contributed by atoms with Gasteiger partial charge < -0.3 is 20.1 Å². The Balaban J connectivity index is 1.37. The summed E-state index contributed by atoms with van der Waals surface area (Å²) in [6, 6.07) is 2.22. The summed E-state index contributed by atoms with van der Waals surface area (Å²) in [4.78, 5) is 27.7. The van der Waals surface area contributed by atoms with E-state index in [-0.39, 0.29) is 71.4 Å². The van der Waals surface area contributed by atoms with E-state index in [9.17, 15) is 26.7 Å². The molecule has 9 nitrogen and oxygen atoms in total. The van der Waals surface area contributed by atoms with Crippen LogP contribution in [0.2, 0.25) is 0 Å². The largest absolute Gasteiger partial charge is 0.470 e. The second kappa shape index (κ2) is 11.0. The van der Waals surface area contributed by atoms with Crippen molar-refractivity contribution >= 4 is 43.5 Å². The van der Waals surface area contributed by atoms with Gasteiger partial charge in [-0.3, -0.25) is 9.69 Å². The number of fused-ring (bicyclic) bond motifs is 3. The van der Waals surface area contributed by atoms with Crippen LogP contribution >= 0.6 is 11.3 Å². The molecule has 0 unspecified atom stereocenters. The third kappa shape index (κ3) is 5.07. The first-order valence-corrected chi connectivity index (χ1v) is 15.2. The molecular weight excluding hydrogens is 638 g/mol. The Labute approximate surface area is 261 Å². The molecule has 2 aromatic carbocycles. The summed E-state index contributed by atoms with van der Waals surface area (Å²) in [5, 5.41) is -0.507. The number of hydrogen-bond acceptors (Lipinski definition) is 9. The molecule has 3 aliphatic rings. The molecule has 0 aliphatic carbocycles. The Morgan fingerprint density at radius 3 is 2.70 bits per heavy atom. The van der Waals surface area contributed by atoms with E-state index in [4.69, 9.17) is 15.2 Å². The fourth-order valence-corrected chi connectivity index (χ4v) is 7.41. The molecule has 16 heteroatoms. The number of rotatable bonds is 7. The molecule has 2 atom stereocenters. The summed E-state index contributed by atoms with van der Waals surface area (Å²) in [6.07, 6.45) is -3.97. The number of amides is 1. The van der Waals surface area contributed by atoms with Crippen molar-refractivity contribution < 1.29 is 40.6 Å². The molecular formula is C30H26F6N6O3S. The minimum Gasteiger partial charge on any atom is -0.470 e. The fraction of sp³-hybridized carbons (Fsp3) is 0.400. The van der Waals surface area contributed by atoms with Crippen molar-refractivity contribution in [3.05, 3.63) is 48.1 Å². The third-order valence-electron chi connectivity index (χ3n) is 8.81. The first-order valence-electron chi connectivity index (χ1n) is 14.4. The first-order chi connectivity index (χ1) is 21.9. The highest BCUT2D eigenvalue weighted by atomic mass is 32.1. The molecule has 3 saturated heterocycles. The predicted octanol–water partition coefficient (Wildman–Crippen LogP) is 5.52. The Kier molecular flexibility index (Phi) is 7.27. The average molecular weight is 665 g/mol. The number of carbonyl (C=O) groups excluding carboxylic acids is 1. The summed E-state index contributed by atoms with van der Waals surface area (Å²) in [6.45, 7) is 4.52. The smallest absolute Gasteiger partial charge is 0.417 e. The van der Waals surface area contributed by atoms with Crippen molar-refractivity contribution in [1.29, 1.82) is 0 Å². The van der Waals surface area contributed by atoms with Gasteiger partial charge in [-0.2, -0.15) is 23.1 Å². The zero-order valence-corrected chi connectivity index (χ0v) is 24.9. The monoisotopic (exact) mass is 664 g/mol. The van der Waals surface area contributed by atoms with Crippen molar-refractivity contribution in [1.82, 2.24) is 24.8 Å². The number of carbonyl (C=O) groups is 1. The summed E-state index contributed by atoms with van der Waals surface area (Å²) >= 11 is 0.718. The highest BCUT2D eigenvalue weighted by Crippen LogP contribution is 2.46. The van der Waals surface area contributed by atoms with Gasteiger partial charge in [-0.25, -0.2) is 18.2 Å². The number of halogens is 6. The maximum absolute atomic E-state index is 16.6. The molecule has 242 valence electrons. The molecule has 46 heavy (non-hydrogen) atoms. The lowest BCUT2D eigenvalue weighted by Crippen LogP contribution is -2.55. The number of ether oxygens (including phenoxy) is 2. The Morgan fingerprint density at radius 1 is 1.17 bits per heavy atom. The van der Waals surface area contributed by atoms with Gasteiger partial charge in [0.05, 0.1) is 39.8 Å². The van der Waals surface area contributed by atoms with Crippen LogP contribution < -0.4 is 15.2 Å². The summed E-state index contributed by atoms with van der Waals surface area (Å²) < 4.78 is 101. The van der Waals surface area contributed by atoms with Gasteiger partial charge >= 0.3 is 12.2 Å². The SMILES string of the molecule is C=CC(=O)N1CC(Oc2nc(OC[C@@]34CCCN3C[C@H](F)C4)nc3c(F)c(-c4ccc(F)c5sc(N)nc45)c(C(F)(F)F)cc23)C1. The minimum atomic E-state index is -5.08. The van der Waals surface area contributed by atoms with E-state index < -0.39 is 57.7 Å². The zero-order chi connectivity index (χ0) is 32.5. The standard InChI is InChI=1S/C30H26F6N6O3S/c1-2-20(43)41-11-15(12-41)45-26-17-8-18(30(34,35)36)21(16-4-5-19(32)25-24(16)38-27(37)46-25)22(33)23(17)39-28(40-26)44-13-29-6-3-7-42(29)10-14(31)9-29/h2,4-5,8,14-15H,1,3,6-7,9-13H2,(H2,37,38)/t14-,29+/m1/s1. The van der Waals surface area contributed by atoms with Crippen LogP contribution in [0.15, 0.2) is 30.9 Å². The molecule has 7 rings (SSSR count). The van der Waals surface area contributed by atoms with Gasteiger partial charge in [-0.05, 0) is 43.7 Å². The van der Waals surface area contributed by atoms with Crippen molar-refractivity contribution in [3.8, 4) is 23.0 Å². The number of likely N-dealkylation sites (tertiary alicyclic amines) is 1. The Bertz CT molecular complexity index is 1900. The lowest BCUT2D eigenvalue weighted by atomic mass is 9.95. The van der Waals surface area contributed by atoms with Crippen molar-refractivity contribution in [2.45, 2.75) is 43.3 Å². The van der Waals surface area contributed by atoms with Crippen LogP contribution in [-0.2, 0) is 11.0 Å². The molecule has 4 aromatic rings. The molecule has 3 aliphatic heterocycles. The number of anilines is 1. The lowest BCUT2D eigenvalue weighted by molar-refractivity contribution is -0.137. The van der Waals surface area contributed by atoms with E-state index in [1.165, 1.54) is 4.90 Å². The second-order valence-corrected chi connectivity index (χ2v) is 12.7. The number of nitrogen functional groups attached to an aromatic ring is 1. The van der Waals surface area contributed by atoms with Crippen molar-refractivity contribution in [3.63, 3.8) is 0 Å². The zero-order valence-electron chi connectivity index (χ0n) is 24.0. The van der Waals surface area contributed by atoms with E-state index >= 15 is 4.39 Å². The van der Waals surface area contributed by atoms with Gasteiger partial charge in [0.15, 0.2) is 10.9 Å². The van der Waals surface area contributed by atoms with Gasteiger partial charge in [-0.1, -0.05) is 17.9 Å². The van der Waals surface area contributed by atoms with Crippen LogP contribution in [0.1, 0.15) is 24.8 Å². The molecule has 0 saturated carbocycles. The second-order valence-electron chi connectivity index (χ2n) is 11.7. The van der Waals surface area contributed by atoms with E-state index in [0.29, 0.717) is 19.0 Å². The Hall–Kier alpha value is -4.18. The first kappa shape index (κ1) is 30.5. The molecule has 5 heterocycles. The van der Waals surface area contributed by atoms with Gasteiger partial charge in [0.1, 0.15) is 30.2 Å². The average Bonchev–Trinajstić information content (AvgIpc) is 3.65. The maximum atomic E-state index is 16.6. The molecule has 0 radical (unpaired) electrons. The predicted molar refractivity (Wildman–Crippen MR) is 157 cm³/mol. The topological polar surface area (TPSA) is 107 Å². The van der Waals surface area contributed by atoms with Crippen LogP contribution in [0.3, 0.4) is 0 Å².